The number of amides is 1. The van der Waals surface area contributed by atoms with Crippen LogP contribution >= 0.6 is 0 Å². The molecule has 1 aromatic carbocycles. The van der Waals surface area contributed by atoms with Crippen molar-refractivity contribution in [1.82, 2.24) is 15.0 Å². The number of carbonyl (C=O) groups excluding carboxylic acids is 2. The molecule has 5 rings (SSSR count). The first-order valence-electron chi connectivity index (χ1n) is 11.8. The van der Waals surface area contributed by atoms with Crippen molar-refractivity contribution in [3.63, 3.8) is 0 Å². The van der Waals surface area contributed by atoms with Gasteiger partial charge in [-0.3, -0.25) is 9.59 Å². The number of ether oxygens (including phenoxy) is 3. The summed E-state index contributed by atoms with van der Waals surface area (Å²) in [7, 11) is 0. The number of aromatic amines is 1. The lowest BCUT2D eigenvalue weighted by atomic mass is 9.86. The maximum atomic E-state index is 13.3. The van der Waals surface area contributed by atoms with Gasteiger partial charge in [-0.25, -0.2) is 9.97 Å². The van der Waals surface area contributed by atoms with Gasteiger partial charge < -0.3 is 30.2 Å². The Morgan fingerprint density at radius 1 is 1.20 bits per heavy atom. The molecule has 0 radical (unpaired) electrons. The second-order valence-corrected chi connectivity index (χ2v) is 9.11. The van der Waals surface area contributed by atoms with Gasteiger partial charge in [-0.2, -0.15) is 0 Å². The summed E-state index contributed by atoms with van der Waals surface area (Å²) in [5, 5.41) is 4.02. The van der Waals surface area contributed by atoms with Crippen LogP contribution in [0.25, 0.3) is 11.0 Å². The van der Waals surface area contributed by atoms with Crippen LogP contribution in [0.15, 0.2) is 36.8 Å². The van der Waals surface area contributed by atoms with Crippen LogP contribution in [0.5, 0.6) is 0 Å². The predicted molar refractivity (Wildman–Crippen MR) is 128 cm³/mol. The number of nitrogens with two attached hydrogens (primary N) is 1. The number of nitrogens with zero attached hydrogens (tertiary/aromatic N) is 2. The Morgan fingerprint density at radius 2 is 2.06 bits per heavy atom. The maximum Gasteiger partial charge on any atom is 0.249 e. The Kier molecular flexibility index (Phi) is 6.50. The summed E-state index contributed by atoms with van der Waals surface area (Å²) in [5.41, 5.74) is 7.25. The molecule has 3 aromatic rings. The molecular formula is C25H29N5O5. The number of primary amides is 1. The zero-order chi connectivity index (χ0) is 24.4. The van der Waals surface area contributed by atoms with E-state index >= 15 is 0 Å². The van der Waals surface area contributed by atoms with E-state index in [-0.39, 0.29) is 24.5 Å². The van der Waals surface area contributed by atoms with Crippen molar-refractivity contribution in [3.05, 3.63) is 53.5 Å². The lowest BCUT2D eigenvalue weighted by Crippen LogP contribution is -2.55. The van der Waals surface area contributed by atoms with Gasteiger partial charge in [0, 0.05) is 18.2 Å². The summed E-state index contributed by atoms with van der Waals surface area (Å²) in [4.78, 5) is 37.5. The van der Waals surface area contributed by atoms with Crippen molar-refractivity contribution >= 4 is 28.5 Å². The molecule has 4 N–H and O–H groups in total. The van der Waals surface area contributed by atoms with Crippen molar-refractivity contribution in [2.45, 2.75) is 43.9 Å². The molecule has 2 aliphatic rings. The molecule has 3 atom stereocenters. The van der Waals surface area contributed by atoms with Crippen LogP contribution in [0.4, 0.5) is 5.82 Å². The molecule has 10 heteroatoms. The summed E-state index contributed by atoms with van der Waals surface area (Å²) in [5.74, 6) is -0.0572. The Morgan fingerprint density at radius 3 is 2.77 bits per heavy atom. The third-order valence-electron chi connectivity index (χ3n) is 6.79. The summed E-state index contributed by atoms with van der Waals surface area (Å²) >= 11 is 0. The van der Waals surface area contributed by atoms with Crippen molar-refractivity contribution in [3.8, 4) is 0 Å². The number of benzene rings is 1. The first kappa shape index (κ1) is 23.4. The topological polar surface area (TPSA) is 141 Å². The number of anilines is 1. The van der Waals surface area contributed by atoms with Gasteiger partial charge in [-0.15, -0.1) is 0 Å². The quantitative estimate of drug-likeness (QED) is 0.438. The summed E-state index contributed by atoms with van der Waals surface area (Å²) in [6.07, 6.45) is 4.32. The highest BCUT2D eigenvalue weighted by atomic mass is 16.6. The van der Waals surface area contributed by atoms with Gasteiger partial charge >= 0.3 is 0 Å². The minimum Gasteiger partial charge on any atom is -0.376 e. The normalized spacial score (nSPS) is 24.8. The summed E-state index contributed by atoms with van der Waals surface area (Å²) < 4.78 is 17.3. The molecule has 35 heavy (non-hydrogen) atoms. The van der Waals surface area contributed by atoms with Crippen LogP contribution in [-0.4, -0.2) is 70.8 Å². The van der Waals surface area contributed by atoms with E-state index in [4.69, 9.17) is 19.9 Å². The molecule has 2 aliphatic heterocycles. The molecule has 184 valence electrons. The van der Waals surface area contributed by atoms with Crippen molar-refractivity contribution in [2.24, 2.45) is 5.73 Å². The van der Waals surface area contributed by atoms with E-state index in [0.29, 0.717) is 67.1 Å². The average molecular weight is 480 g/mol. The first-order chi connectivity index (χ1) is 17.0. The third kappa shape index (κ3) is 4.64. The monoisotopic (exact) mass is 479 g/mol. The second kappa shape index (κ2) is 9.73. The third-order valence-corrected chi connectivity index (χ3v) is 6.79. The largest absolute Gasteiger partial charge is 0.376 e. The molecule has 4 heterocycles. The zero-order valence-electron chi connectivity index (χ0n) is 19.6. The van der Waals surface area contributed by atoms with Crippen molar-refractivity contribution in [2.75, 3.05) is 31.7 Å². The summed E-state index contributed by atoms with van der Waals surface area (Å²) in [6.45, 7) is 3.63. The average Bonchev–Trinajstić information content (AvgIpc) is 3.31. The maximum absolute atomic E-state index is 13.3. The fraction of sp³-hybridized carbons (Fsp3) is 0.440. The smallest absolute Gasteiger partial charge is 0.249 e. The SMILES string of the molecule is Cc1ccccc1C(=O)c1c[nH]c2ncnc(NC3CCC(C[C@H]4COCCO4)(C(N)=O)OC3)c12. The van der Waals surface area contributed by atoms with Crippen LogP contribution in [0.2, 0.25) is 0 Å². The van der Waals surface area contributed by atoms with Gasteiger partial charge in [0.05, 0.1) is 49.5 Å². The lowest BCUT2D eigenvalue weighted by Gasteiger charge is -2.40. The first-order valence-corrected chi connectivity index (χ1v) is 11.8. The molecular weight excluding hydrogens is 450 g/mol. The number of rotatable bonds is 7. The molecule has 2 unspecified atom stereocenters. The van der Waals surface area contributed by atoms with E-state index in [1.54, 1.807) is 6.20 Å². The molecule has 10 nitrogen and oxygen atoms in total. The number of nitrogens with one attached hydrogen (secondary N) is 2. The highest BCUT2D eigenvalue weighted by Gasteiger charge is 2.44. The lowest BCUT2D eigenvalue weighted by molar-refractivity contribution is -0.168. The van der Waals surface area contributed by atoms with E-state index in [1.807, 2.05) is 31.2 Å². The number of fused-ring (bicyclic) bond motifs is 1. The second-order valence-electron chi connectivity index (χ2n) is 9.11. The van der Waals surface area contributed by atoms with Crippen molar-refractivity contribution < 1.29 is 23.8 Å². The minimum atomic E-state index is -1.09. The van der Waals surface area contributed by atoms with Crippen molar-refractivity contribution in [1.29, 1.82) is 0 Å². The van der Waals surface area contributed by atoms with Crippen LogP contribution in [0.3, 0.4) is 0 Å². The number of hydrogen-bond donors (Lipinski definition) is 3. The van der Waals surface area contributed by atoms with Crippen LogP contribution < -0.4 is 11.1 Å². The molecule has 0 aliphatic carbocycles. The molecule has 2 aromatic heterocycles. The van der Waals surface area contributed by atoms with Gasteiger partial charge in [-0.05, 0) is 25.3 Å². The van der Waals surface area contributed by atoms with Gasteiger partial charge in [0.15, 0.2) is 5.78 Å². The highest BCUT2D eigenvalue weighted by molar-refractivity contribution is 6.18. The van der Waals surface area contributed by atoms with Gasteiger partial charge in [0.2, 0.25) is 5.91 Å². The molecule has 1 amide bonds. The number of H-pyrrole nitrogens is 1. The number of aromatic nitrogens is 3. The number of ketones is 1. The fourth-order valence-corrected chi connectivity index (χ4v) is 4.83. The van der Waals surface area contributed by atoms with Gasteiger partial charge in [0.1, 0.15) is 23.4 Å². The number of carbonyl (C=O) groups is 2. The molecule has 0 spiro atoms. The highest BCUT2D eigenvalue weighted by Crippen LogP contribution is 2.33. The van der Waals surface area contributed by atoms with E-state index < -0.39 is 11.5 Å². The van der Waals surface area contributed by atoms with E-state index in [2.05, 4.69) is 20.3 Å². The van der Waals surface area contributed by atoms with Gasteiger partial charge in [0.25, 0.3) is 0 Å². The predicted octanol–water partition coefficient (Wildman–Crippen LogP) is 2.12. The minimum absolute atomic E-state index is 0.102. The van der Waals surface area contributed by atoms with Gasteiger partial charge in [-0.1, -0.05) is 24.3 Å². The fourth-order valence-electron chi connectivity index (χ4n) is 4.83. The Bertz CT molecular complexity index is 1230. The molecule has 0 saturated carbocycles. The van der Waals surface area contributed by atoms with Crippen LogP contribution in [0, 0.1) is 6.92 Å². The van der Waals surface area contributed by atoms with E-state index in [9.17, 15) is 9.59 Å². The Balaban J connectivity index is 1.34. The standard InChI is InChI=1S/C25H29N5O5/c1-15-4-2-3-5-18(15)21(31)19-11-27-22-20(19)23(29-14-28-22)30-16-6-7-25(24(26)32,35-12-16)10-17-13-33-8-9-34-17/h2-5,11,14,16-17H,6-10,12-13H2,1H3,(H2,26,32)(H2,27,28,29,30)/t16?,17-,25?/m0/s1. The molecule has 2 fully saturated rings. The Hall–Kier alpha value is -3.34. The molecule has 0 bridgehead atoms. The number of aryl methyl sites for hydroxylation is 1. The van der Waals surface area contributed by atoms with Crippen LogP contribution in [-0.2, 0) is 19.0 Å². The summed E-state index contributed by atoms with van der Waals surface area (Å²) in [6, 6.07) is 7.35. The van der Waals surface area contributed by atoms with Crippen LogP contribution in [0.1, 0.15) is 40.7 Å². The zero-order valence-corrected chi connectivity index (χ0v) is 19.6. The Labute approximate surface area is 202 Å². The van der Waals surface area contributed by atoms with E-state index in [0.717, 1.165) is 5.56 Å². The van der Waals surface area contributed by atoms with E-state index in [1.165, 1.54) is 6.33 Å². The number of hydrogen-bond acceptors (Lipinski definition) is 8. The molecule has 2 saturated heterocycles.